The maximum absolute atomic E-state index is 2.44. The van der Waals surface area contributed by atoms with Crippen molar-refractivity contribution in [1.29, 1.82) is 0 Å². The Morgan fingerprint density at radius 2 is 0.921 bits per heavy atom. The first-order chi connectivity index (χ1) is 31.0. The van der Waals surface area contributed by atoms with Crippen LogP contribution in [-0.2, 0) is 5.41 Å². The Hall–Kier alpha value is -7.52. The quantitative estimate of drug-likeness (QED) is 0.155. The zero-order valence-corrected chi connectivity index (χ0v) is 36.0. The molecular weight excluding hydrogens is 779 g/mol. The summed E-state index contributed by atoms with van der Waals surface area (Å²) < 4.78 is 2.61. The molecule has 1 aliphatic rings. The molecule has 0 amide bonds. The minimum atomic E-state index is -0.102. The molecule has 0 unspecified atom stereocenters. The molecule has 0 bridgehead atoms. The number of benzene rings is 10. The van der Waals surface area contributed by atoms with Gasteiger partial charge in [-0.25, -0.2) is 0 Å². The molecule has 298 valence electrons. The number of anilines is 3. The van der Waals surface area contributed by atoms with Gasteiger partial charge in [-0.05, 0) is 121 Å². The average molecular weight is 822 g/mol. The molecule has 0 saturated carbocycles. The molecule has 0 saturated heterocycles. The van der Waals surface area contributed by atoms with Gasteiger partial charge in [0.15, 0.2) is 0 Å². The van der Waals surface area contributed by atoms with Crippen molar-refractivity contribution in [2.45, 2.75) is 19.3 Å². The highest BCUT2D eigenvalue weighted by atomic mass is 32.1. The molecule has 2 heteroatoms. The summed E-state index contributed by atoms with van der Waals surface area (Å²) in [5, 5.41) is 5.13. The molecule has 0 radical (unpaired) electrons. The molecule has 63 heavy (non-hydrogen) atoms. The summed E-state index contributed by atoms with van der Waals surface area (Å²) in [6.07, 6.45) is 0. The van der Waals surface area contributed by atoms with Crippen LogP contribution in [0.3, 0.4) is 0 Å². The minimum absolute atomic E-state index is 0.102. The number of hydrogen-bond donors (Lipinski definition) is 0. The third kappa shape index (κ3) is 6.13. The van der Waals surface area contributed by atoms with Crippen molar-refractivity contribution in [3.8, 4) is 55.6 Å². The number of nitrogens with zero attached hydrogens (tertiary/aromatic N) is 1. The first-order valence-electron chi connectivity index (χ1n) is 21.8. The van der Waals surface area contributed by atoms with Crippen LogP contribution in [0.1, 0.15) is 25.0 Å². The molecule has 0 atom stereocenters. The summed E-state index contributed by atoms with van der Waals surface area (Å²) in [5.41, 5.74) is 18.5. The molecule has 0 spiro atoms. The van der Waals surface area contributed by atoms with Crippen LogP contribution in [0.4, 0.5) is 17.1 Å². The first kappa shape index (κ1) is 37.3. The third-order valence-corrected chi connectivity index (χ3v) is 14.4. The second-order valence-corrected chi connectivity index (χ2v) is 18.3. The van der Waals surface area contributed by atoms with Gasteiger partial charge in [0.05, 0.1) is 5.69 Å². The average Bonchev–Trinajstić information content (AvgIpc) is 3.84. The van der Waals surface area contributed by atoms with E-state index >= 15 is 0 Å². The fourth-order valence-corrected chi connectivity index (χ4v) is 11.5. The molecule has 11 aromatic rings. The van der Waals surface area contributed by atoms with Crippen molar-refractivity contribution in [2.75, 3.05) is 4.90 Å². The predicted molar refractivity (Wildman–Crippen MR) is 271 cm³/mol. The smallest absolute Gasteiger partial charge is 0.0540 e. The molecule has 0 N–H and O–H groups in total. The van der Waals surface area contributed by atoms with Crippen LogP contribution in [-0.4, -0.2) is 0 Å². The van der Waals surface area contributed by atoms with Gasteiger partial charge in [-0.1, -0.05) is 190 Å². The Morgan fingerprint density at radius 3 is 1.76 bits per heavy atom. The van der Waals surface area contributed by atoms with E-state index in [1.54, 1.807) is 0 Å². The van der Waals surface area contributed by atoms with Crippen LogP contribution in [0.5, 0.6) is 0 Å². The van der Waals surface area contributed by atoms with Crippen LogP contribution in [0.25, 0.3) is 86.6 Å². The molecule has 0 fully saturated rings. The fraction of sp³-hybridized carbons (Fsp3) is 0.0492. The van der Waals surface area contributed by atoms with Gasteiger partial charge >= 0.3 is 0 Å². The van der Waals surface area contributed by atoms with E-state index in [2.05, 4.69) is 243 Å². The fourth-order valence-electron chi connectivity index (χ4n) is 10.3. The largest absolute Gasteiger partial charge is 0.310 e. The van der Waals surface area contributed by atoms with Gasteiger partial charge in [0, 0.05) is 42.5 Å². The van der Waals surface area contributed by atoms with Crippen LogP contribution >= 0.6 is 11.3 Å². The number of rotatable bonds is 7. The highest BCUT2D eigenvalue weighted by Crippen LogP contribution is 2.53. The van der Waals surface area contributed by atoms with Crippen molar-refractivity contribution in [3.63, 3.8) is 0 Å². The van der Waals surface area contributed by atoms with Crippen LogP contribution in [0.15, 0.2) is 224 Å². The monoisotopic (exact) mass is 821 g/mol. The van der Waals surface area contributed by atoms with E-state index in [-0.39, 0.29) is 5.41 Å². The Morgan fingerprint density at radius 1 is 0.365 bits per heavy atom. The second kappa shape index (κ2) is 14.8. The van der Waals surface area contributed by atoms with Gasteiger partial charge < -0.3 is 4.90 Å². The maximum atomic E-state index is 2.44. The Bertz CT molecular complexity index is 3530. The van der Waals surface area contributed by atoms with Crippen LogP contribution in [0.2, 0.25) is 0 Å². The van der Waals surface area contributed by atoms with Crippen LogP contribution in [0, 0.1) is 0 Å². The highest BCUT2D eigenvalue weighted by molar-refractivity contribution is 7.25. The number of para-hydroxylation sites is 1. The van der Waals surface area contributed by atoms with Gasteiger partial charge in [0.2, 0.25) is 0 Å². The van der Waals surface area contributed by atoms with Crippen molar-refractivity contribution < 1.29 is 0 Å². The lowest BCUT2D eigenvalue weighted by atomic mass is 9.79. The highest BCUT2D eigenvalue weighted by Gasteiger charge is 2.37. The topological polar surface area (TPSA) is 3.24 Å². The van der Waals surface area contributed by atoms with Gasteiger partial charge in [0.25, 0.3) is 0 Å². The summed E-state index contributed by atoms with van der Waals surface area (Å²) in [7, 11) is 0. The second-order valence-electron chi connectivity index (χ2n) is 17.2. The molecule has 12 rings (SSSR count). The Labute approximate surface area is 372 Å². The Kier molecular flexibility index (Phi) is 8.77. The summed E-state index contributed by atoms with van der Waals surface area (Å²) in [4.78, 5) is 2.44. The summed E-state index contributed by atoms with van der Waals surface area (Å²) >= 11 is 1.87. The lowest BCUT2D eigenvalue weighted by molar-refractivity contribution is 0.662. The maximum Gasteiger partial charge on any atom is 0.0540 e. The lowest BCUT2D eigenvalue weighted by Gasteiger charge is -2.29. The van der Waals surface area contributed by atoms with Gasteiger partial charge in [0.1, 0.15) is 0 Å². The normalized spacial score (nSPS) is 12.7. The standard InChI is InChI=1S/C61H43NS/c1-61(2)55-27-8-5-20-50(55)53-26-13-24-49(60(53)61)42-33-37-46(38-34-42)62(56-28-9-6-21-51(56)52-25-14-30-58-59(52)54-22-7-10-29-57(54)63-58)45-35-31-40(32-36-45)43-17-11-18-44(39-43)48-23-12-16-41-15-3-4-19-47(41)48/h3-39H,1-2H3. The molecule has 1 aliphatic carbocycles. The van der Waals surface area contributed by atoms with E-state index < -0.39 is 0 Å². The van der Waals surface area contributed by atoms with E-state index in [0.29, 0.717) is 0 Å². The van der Waals surface area contributed by atoms with E-state index in [4.69, 9.17) is 0 Å². The summed E-state index contributed by atoms with van der Waals surface area (Å²) in [6.45, 7) is 4.74. The number of fused-ring (bicyclic) bond motifs is 7. The third-order valence-electron chi connectivity index (χ3n) is 13.3. The zero-order valence-electron chi connectivity index (χ0n) is 35.2. The van der Waals surface area contributed by atoms with Gasteiger partial charge in [-0.3, -0.25) is 0 Å². The molecule has 1 heterocycles. The summed E-state index contributed by atoms with van der Waals surface area (Å²) in [5.74, 6) is 0. The summed E-state index contributed by atoms with van der Waals surface area (Å²) in [6, 6.07) is 82.8. The molecule has 1 aromatic heterocycles. The van der Waals surface area contributed by atoms with Gasteiger partial charge in [-0.15, -0.1) is 11.3 Å². The van der Waals surface area contributed by atoms with Crippen molar-refractivity contribution in [2.24, 2.45) is 0 Å². The first-order valence-corrected chi connectivity index (χ1v) is 22.7. The van der Waals surface area contributed by atoms with Gasteiger partial charge in [-0.2, -0.15) is 0 Å². The minimum Gasteiger partial charge on any atom is -0.310 e. The zero-order chi connectivity index (χ0) is 42.1. The van der Waals surface area contributed by atoms with Crippen molar-refractivity contribution >= 4 is 59.3 Å². The molecule has 10 aromatic carbocycles. The lowest BCUT2D eigenvalue weighted by Crippen LogP contribution is -2.16. The van der Waals surface area contributed by atoms with E-state index in [9.17, 15) is 0 Å². The number of hydrogen-bond acceptors (Lipinski definition) is 2. The number of thiophene rings is 1. The van der Waals surface area contributed by atoms with Crippen LogP contribution < -0.4 is 4.90 Å². The molecule has 0 aliphatic heterocycles. The SMILES string of the molecule is CC1(C)c2ccccc2-c2cccc(-c3ccc(N(c4ccc(-c5cccc(-c6cccc7ccccc67)c5)cc4)c4ccccc4-c4cccc5sc6ccccc6c45)cc3)c21. The Balaban J connectivity index is 0.989. The molecular formula is C61H43NS. The molecule has 1 nitrogen and oxygen atoms in total. The van der Waals surface area contributed by atoms with E-state index in [1.165, 1.54) is 97.7 Å². The van der Waals surface area contributed by atoms with E-state index in [1.807, 2.05) is 11.3 Å². The van der Waals surface area contributed by atoms with Crippen molar-refractivity contribution in [3.05, 3.63) is 236 Å². The predicted octanol–water partition coefficient (Wildman–Crippen LogP) is 17.7. The van der Waals surface area contributed by atoms with E-state index in [0.717, 1.165) is 17.1 Å². The van der Waals surface area contributed by atoms with Crippen molar-refractivity contribution in [1.82, 2.24) is 0 Å².